The normalized spacial score (nSPS) is 17.9. The van der Waals surface area contributed by atoms with Gasteiger partial charge in [-0.25, -0.2) is 4.79 Å². The van der Waals surface area contributed by atoms with Crippen molar-refractivity contribution < 1.29 is 9.59 Å². The van der Waals surface area contributed by atoms with E-state index in [1.165, 1.54) is 0 Å². The predicted molar refractivity (Wildman–Crippen MR) is 83.4 cm³/mol. The highest BCUT2D eigenvalue weighted by Crippen LogP contribution is 2.21. The molecule has 1 aromatic rings. The minimum absolute atomic E-state index is 0.0534. The smallest absolute Gasteiger partial charge is 0.315 e. The molecule has 3 amide bonds. The first kappa shape index (κ1) is 15.4. The van der Waals surface area contributed by atoms with Gasteiger partial charge in [0.05, 0.1) is 6.04 Å². The fraction of sp³-hybridized carbons (Fsp3) is 0.500. The molecule has 21 heavy (non-hydrogen) atoms. The fourth-order valence-corrected chi connectivity index (χ4v) is 2.39. The molecular weight excluding hydrogens is 266 g/mol. The quantitative estimate of drug-likeness (QED) is 0.816. The lowest BCUT2D eigenvalue weighted by molar-refractivity contribution is -0.117. The van der Waals surface area contributed by atoms with E-state index in [0.717, 1.165) is 24.1 Å². The third-order valence-corrected chi connectivity index (χ3v) is 3.62. The van der Waals surface area contributed by atoms with Crippen LogP contribution in [0.15, 0.2) is 24.3 Å². The maximum Gasteiger partial charge on any atom is 0.315 e. The average Bonchev–Trinajstić information content (AvgIpc) is 2.80. The minimum atomic E-state index is -0.188. The van der Waals surface area contributed by atoms with Crippen molar-refractivity contribution >= 4 is 17.6 Å². The molecule has 1 aromatic carbocycles. The molecule has 2 N–H and O–H groups in total. The van der Waals surface area contributed by atoms with Gasteiger partial charge in [-0.2, -0.15) is 0 Å². The van der Waals surface area contributed by atoms with E-state index in [0.29, 0.717) is 19.5 Å². The van der Waals surface area contributed by atoms with Gasteiger partial charge in [-0.15, -0.1) is 0 Å². The van der Waals surface area contributed by atoms with E-state index in [9.17, 15) is 9.59 Å². The summed E-state index contributed by atoms with van der Waals surface area (Å²) in [6.45, 7) is 5.29. The molecule has 0 bridgehead atoms. The highest BCUT2D eigenvalue weighted by Gasteiger charge is 2.31. The Balaban J connectivity index is 1.87. The second kappa shape index (κ2) is 7.11. The largest absolute Gasteiger partial charge is 0.338 e. The number of hydrogen-bond donors (Lipinski definition) is 2. The molecule has 1 aliphatic heterocycles. The van der Waals surface area contributed by atoms with Crippen molar-refractivity contribution in [3.63, 3.8) is 0 Å². The van der Waals surface area contributed by atoms with Crippen LogP contribution in [0.3, 0.4) is 0 Å². The van der Waals surface area contributed by atoms with E-state index in [2.05, 4.69) is 17.6 Å². The van der Waals surface area contributed by atoms with E-state index < -0.39 is 0 Å². The van der Waals surface area contributed by atoms with Crippen LogP contribution in [-0.2, 0) is 4.79 Å². The zero-order valence-electron chi connectivity index (χ0n) is 12.7. The summed E-state index contributed by atoms with van der Waals surface area (Å²) in [5.41, 5.74) is 2.05. The van der Waals surface area contributed by atoms with Gasteiger partial charge in [-0.05, 0) is 25.5 Å². The summed E-state index contributed by atoms with van der Waals surface area (Å²) in [7, 11) is 0. The topological polar surface area (TPSA) is 61.4 Å². The summed E-state index contributed by atoms with van der Waals surface area (Å²) in [5.74, 6) is 0.0534. The van der Waals surface area contributed by atoms with Crippen molar-refractivity contribution in [2.45, 2.75) is 39.2 Å². The van der Waals surface area contributed by atoms with Gasteiger partial charge < -0.3 is 15.5 Å². The number of aryl methyl sites for hydroxylation is 1. The van der Waals surface area contributed by atoms with Crippen LogP contribution < -0.4 is 15.5 Å². The van der Waals surface area contributed by atoms with Crippen LogP contribution in [0.2, 0.25) is 0 Å². The van der Waals surface area contributed by atoms with Crippen LogP contribution in [0.5, 0.6) is 0 Å². The summed E-state index contributed by atoms with van der Waals surface area (Å²) in [6.07, 6.45) is 2.37. The Morgan fingerprint density at radius 3 is 2.71 bits per heavy atom. The number of nitrogens with zero attached hydrogens (tertiary/aromatic N) is 1. The lowest BCUT2D eigenvalue weighted by Gasteiger charge is -2.17. The number of amides is 3. The van der Waals surface area contributed by atoms with Gasteiger partial charge in [0.2, 0.25) is 5.91 Å². The first-order chi connectivity index (χ1) is 10.1. The van der Waals surface area contributed by atoms with Crippen LogP contribution in [0, 0.1) is 6.92 Å². The molecule has 2 rings (SSSR count). The summed E-state index contributed by atoms with van der Waals surface area (Å²) in [4.78, 5) is 25.5. The SMILES string of the molecule is CCCCNC(=O)NC1CC(=O)N(c2ccc(C)cc2)C1. The third kappa shape index (κ3) is 4.21. The van der Waals surface area contributed by atoms with Crippen molar-refractivity contribution in [1.82, 2.24) is 10.6 Å². The van der Waals surface area contributed by atoms with Crippen molar-refractivity contribution in [2.75, 3.05) is 18.0 Å². The third-order valence-electron chi connectivity index (χ3n) is 3.62. The highest BCUT2D eigenvalue weighted by atomic mass is 16.2. The standard InChI is InChI=1S/C16H23N3O2/c1-3-4-9-17-16(21)18-13-10-15(20)19(11-13)14-7-5-12(2)6-8-14/h5-8,13H,3-4,9-11H2,1-2H3,(H2,17,18,21). The van der Waals surface area contributed by atoms with E-state index in [1.807, 2.05) is 31.2 Å². The molecule has 1 aliphatic rings. The molecule has 1 atom stereocenters. The highest BCUT2D eigenvalue weighted by molar-refractivity contribution is 5.96. The lowest BCUT2D eigenvalue weighted by atomic mass is 10.2. The molecule has 1 unspecified atom stereocenters. The van der Waals surface area contributed by atoms with Gasteiger partial charge in [0, 0.05) is 25.2 Å². The van der Waals surface area contributed by atoms with Crippen LogP contribution >= 0.6 is 0 Å². The molecule has 0 radical (unpaired) electrons. The second-order valence-corrected chi connectivity index (χ2v) is 5.49. The summed E-state index contributed by atoms with van der Waals surface area (Å²) in [6, 6.07) is 7.54. The number of rotatable bonds is 5. The van der Waals surface area contributed by atoms with Crippen LogP contribution in [-0.4, -0.2) is 31.1 Å². The molecule has 1 heterocycles. The first-order valence-corrected chi connectivity index (χ1v) is 7.51. The Bertz CT molecular complexity index is 499. The van der Waals surface area contributed by atoms with Crippen LogP contribution in [0.4, 0.5) is 10.5 Å². The number of carbonyl (C=O) groups excluding carboxylic acids is 2. The Hall–Kier alpha value is -2.04. The molecule has 1 saturated heterocycles. The van der Waals surface area contributed by atoms with Crippen molar-refractivity contribution in [3.8, 4) is 0 Å². The van der Waals surface area contributed by atoms with E-state index in [-0.39, 0.29) is 18.0 Å². The van der Waals surface area contributed by atoms with Crippen molar-refractivity contribution in [2.24, 2.45) is 0 Å². The summed E-state index contributed by atoms with van der Waals surface area (Å²) >= 11 is 0. The molecule has 0 spiro atoms. The number of benzene rings is 1. The molecule has 5 heteroatoms. The second-order valence-electron chi connectivity index (χ2n) is 5.49. The molecule has 114 valence electrons. The number of carbonyl (C=O) groups is 2. The molecule has 5 nitrogen and oxygen atoms in total. The van der Waals surface area contributed by atoms with Crippen molar-refractivity contribution in [3.05, 3.63) is 29.8 Å². The molecule has 0 aromatic heterocycles. The number of nitrogens with one attached hydrogen (secondary N) is 2. The van der Waals surface area contributed by atoms with Crippen LogP contribution in [0.25, 0.3) is 0 Å². The van der Waals surface area contributed by atoms with E-state index >= 15 is 0 Å². The van der Waals surface area contributed by atoms with Gasteiger partial charge in [0.15, 0.2) is 0 Å². The zero-order chi connectivity index (χ0) is 15.2. The monoisotopic (exact) mass is 289 g/mol. The Morgan fingerprint density at radius 1 is 1.33 bits per heavy atom. The maximum absolute atomic E-state index is 12.1. The molecule has 0 aliphatic carbocycles. The first-order valence-electron chi connectivity index (χ1n) is 7.51. The van der Waals surface area contributed by atoms with Crippen LogP contribution in [0.1, 0.15) is 31.7 Å². The number of urea groups is 1. The minimum Gasteiger partial charge on any atom is -0.338 e. The summed E-state index contributed by atoms with van der Waals surface area (Å²) in [5, 5.41) is 5.67. The fourth-order valence-electron chi connectivity index (χ4n) is 2.39. The van der Waals surface area contributed by atoms with Gasteiger partial charge in [0.1, 0.15) is 0 Å². The molecule has 0 saturated carbocycles. The van der Waals surface area contributed by atoms with E-state index in [4.69, 9.17) is 0 Å². The Labute approximate surface area is 125 Å². The average molecular weight is 289 g/mol. The number of anilines is 1. The zero-order valence-corrected chi connectivity index (χ0v) is 12.7. The van der Waals surface area contributed by atoms with Gasteiger partial charge >= 0.3 is 6.03 Å². The maximum atomic E-state index is 12.1. The number of hydrogen-bond acceptors (Lipinski definition) is 2. The molecule has 1 fully saturated rings. The Kier molecular flexibility index (Phi) is 5.20. The van der Waals surface area contributed by atoms with Crippen molar-refractivity contribution in [1.29, 1.82) is 0 Å². The predicted octanol–water partition coefficient (Wildman–Crippen LogP) is 2.20. The van der Waals surface area contributed by atoms with Gasteiger partial charge in [0.25, 0.3) is 0 Å². The Morgan fingerprint density at radius 2 is 2.05 bits per heavy atom. The summed E-state index contributed by atoms with van der Waals surface area (Å²) < 4.78 is 0. The molecular formula is C16H23N3O2. The van der Waals surface area contributed by atoms with Gasteiger partial charge in [-0.3, -0.25) is 4.79 Å². The lowest BCUT2D eigenvalue weighted by Crippen LogP contribution is -2.43. The number of unbranched alkanes of at least 4 members (excludes halogenated alkanes) is 1. The van der Waals surface area contributed by atoms with E-state index in [1.54, 1.807) is 4.90 Å². The van der Waals surface area contributed by atoms with Gasteiger partial charge in [-0.1, -0.05) is 31.0 Å².